The highest BCUT2D eigenvalue weighted by molar-refractivity contribution is 5.82. The van der Waals surface area contributed by atoms with Crippen molar-refractivity contribution >= 4 is 12.1 Å². The van der Waals surface area contributed by atoms with E-state index in [0.717, 1.165) is 25.7 Å². The summed E-state index contributed by atoms with van der Waals surface area (Å²) >= 11 is 0. The van der Waals surface area contributed by atoms with Gasteiger partial charge in [0.1, 0.15) is 0 Å². The molecule has 1 saturated carbocycles. The molecule has 0 radical (unpaired) electrons. The number of alkyl carbamates (subject to hydrolysis) is 1. The topological polar surface area (TPSA) is 83.1 Å². The first-order valence-corrected chi connectivity index (χ1v) is 10.0. The number of carbonyl (C=O) groups excluding carboxylic acids is 2. The molecule has 0 aromatic heterocycles. The van der Waals surface area contributed by atoms with Crippen LogP contribution < -0.4 is 5.32 Å². The van der Waals surface area contributed by atoms with Crippen LogP contribution in [0.25, 0.3) is 0 Å². The first-order valence-electron chi connectivity index (χ1n) is 10.0. The summed E-state index contributed by atoms with van der Waals surface area (Å²) in [6.45, 7) is 8.53. The molecule has 1 fully saturated rings. The zero-order chi connectivity index (χ0) is 20.8. The monoisotopic (exact) mass is 395 g/mol. The van der Waals surface area contributed by atoms with Gasteiger partial charge in [0.2, 0.25) is 6.29 Å². The Morgan fingerprint density at radius 1 is 1.11 bits per heavy atom. The molecule has 0 saturated heterocycles. The second-order valence-electron chi connectivity index (χ2n) is 6.46. The van der Waals surface area contributed by atoms with Crippen molar-refractivity contribution < 1.29 is 28.5 Å². The maximum atomic E-state index is 12.0. The molecule has 7 nitrogen and oxygen atoms in total. The Balaban J connectivity index is 2.44. The summed E-state index contributed by atoms with van der Waals surface area (Å²) in [4.78, 5) is 23.5. The van der Waals surface area contributed by atoms with Crippen molar-refractivity contribution in [3.63, 3.8) is 0 Å². The van der Waals surface area contributed by atoms with Gasteiger partial charge in [-0.15, -0.1) is 0 Å². The number of hydrogen-bond acceptors (Lipinski definition) is 6. The summed E-state index contributed by atoms with van der Waals surface area (Å²) in [5, 5.41) is 2.86. The van der Waals surface area contributed by atoms with Crippen LogP contribution in [0.15, 0.2) is 12.2 Å². The third-order valence-electron chi connectivity index (χ3n) is 4.15. The van der Waals surface area contributed by atoms with E-state index in [2.05, 4.69) is 17.2 Å². The molecule has 0 aromatic rings. The van der Waals surface area contributed by atoms with Crippen molar-refractivity contribution in [1.29, 1.82) is 0 Å². The van der Waals surface area contributed by atoms with Gasteiger partial charge < -0.3 is 24.3 Å². The standard InChI is InChI=1S/C21H33NO6/c1-5-25-20(26-6-2)14-11-16(4)28-19(23)13-12-17-9-8-10-18(15-17)22-21(24)27-7-3/h12-13,16-18,20H,5-10,15H2,1-4H3,(H,22,24)/b13-12+/t16-,17?,18?/m1/s1. The number of amides is 1. The molecule has 0 aromatic carbocycles. The van der Waals surface area contributed by atoms with E-state index in [1.165, 1.54) is 6.08 Å². The number of carbonyl (C=O) groups is 2. The third kappa shape index (κ3) is 10.3. The summed E-state index contributed by atoms with van der Waals surface area (Å²) in [7, 11) is 0. The number of hydrogen-bond donors (Lipinski definition) is 1. The van der Waals surface area contributed by atoms with E-state index in [-0.39, 0.29) is 18.1 Å². The third-order valence-corrected chi connectivity index (χ3v) is 4.15. The van der Waals surface area contributed by atoms with E-state index in [4.69, 9.17) is 18.9 Å². The number of allylic oxidation sites excluding steroid dienone is 1. The van der Waals surface area contributed by atoms with Crippen molar-refractivity contribution in [3.05, 3.63) is 12.2 Å². The minimum absolute atomic E-state index is 0.0670. The lowest BCUT2D eigenvalue weighted by molar-refractivity contribution is -0.139. The molecule has 2 unspecified atom stereocenters. The smallest absolute Gasteiger partial charge is 0.407 e. The van der Waals surface area contributed by atoms with Gasteiger partial charge in [-0.05, 0) is 58.8 Å². The maximum Gasteiger partial charge on any atom is 0.407 e. The lowest BCUT2D eigenvalue weighted by Crippen LogP contribution is -2.38. The molecule has 1 aliphatic carbocycles. The Morgan fingerprint density at radius 3 is 2.46 bits per heavy atom. The molecular weight excluding hydrogens is 362 g/mol. The van der Waals surface area contributed by atoms with Crippen LogP contribution in [0.5, 0.6) is 0 Å². The number of rotatable bonds is 9. The average Bonchev–Trinajstić information content (AvgIpc) is 2.65. The quantitative estimate of drug-likeness (QED) is 0.279. The fourth-order valence-corrected chi connectivity index (χ4v) is 2.95. The van der Waals surface area contributed by atoms with Crippen molar-refractivity contribution in [2.45, 2.75) is 71.8 Å². The van der Waals surface area contributed by atoms with Gasteiger partial charge in [-0.2, -0.15) is 0 Å². The fourth-order valence-electron chi connectivity index (χ4n) is 2.95. The Labute approximate surface area is 168 Å². The Morgan fingerprint density at radius 2 is 1.82 bits per heavy atom. The van der Waals surface area contributed by atoms with E-state index in [1.807, 2.05) is 19.9 Å². The molecular formula is C21H33NO6. The zero-order valence-electron chi connectivity index (χ0n) is 17.4. The summed E-state index contributed by atoms with van der Waals surface area (Å²) in [6, 6.07) is 0.0670. The van der Waals surface area contributed by atoms with Crippen LogP contribution in [0.4, 0.5) is 4.79 Å². The second-order valence-corrected chi connectivity index (χ2v) is 6.46. The largest absolute Gasteiger partial charge is 0.450 e. The first kappa shape index (κ1) is 24.0. The molecule has 3 atom stereocenters. The van der Waals surface area contributed by atoms with Gasteiger partial charge in [-0.3, -0.25) is 0 Å². The van der Waals surface area contributed by atoms with Crippen LogP contribution in [0, 0.1) is 17.8 Å². The van der Waals surface area contributed by atoms with Gasteiger partial charge in [0.05, 0.1) is 6.61 Å². The lowest BCUT2D eigenvalue weighted by Gasteiger charge is -2.27. The van der Waals surface area contributed by atoms with Crippen molar-refractivity contribution in [2.24, 2.45) is 5.92 Å². The first-order chi connectivity index (χ1) is 13.5. The number of nitrogens with one attached hydrogen (secondary N) is 1. The van der Waals surface area contributed by atoms with E-state index >= 15 is 0 Å². The highest BCUT2D eigenvalue weighted by atomic mass is 16.7. The fraction of sp³-hybridized carbons (Fsp3) is 0.714. The van der Waals surface area contributed by atoms with Crippen LogP contribution in [0.2, 0.25) is 0 Å². The Hall–Kier alpha value is -2.04. The molecule has 7 heteroatoms. The molecule has 1 amide bonds. The van der Waals surface area contributed by atoms with E-state index in [9.17, 15) is 9.59 Å². The van der Waals surface area contributed by atoms with E-state index in [1.54, 1.807) is 13.8 Å². The average molecular weight is 395 g/mol. The lowest BCUT2D eigenvalue weighted by atomic mass is 9.85. The summed E-state index contributed by atoms with van der Waals surface area (Å²) in [5.41, 5.74) is 0. The highest BCUT2D eigenvalue weighted by Crippen LogP contribution is 2.25. The Bertz CT molecular complexity index is 559. The van der Waals surface area contributed by atoms with Gasteiger partial charge in [0.25, 0.3) is 0 Å². The normalized spacial score (nSPS) is 20.3. The molecule has 1 rings (SSSR count). The van der Waals surface area contributed by atoms with Crippen molar-refractivity contribution in [1.82, 2.24) is 5.32 Å². The SMILES string of the molecule is CCOC(=O)NC1CCCC(/C=C/C(=O)O[C@H](C)C#CC(OCC)OCC)C1. The predicted octanol–water partition coefficient (Wildman–Crippen LogP) is 3.18. The van der Waals surface area contributed by atoms with Crippen LogP contribution in [-0.4, -0.2) is 50.3 Å². The molecule has 0 bridgehead atoms. The van der Waals surface area contributed by atoms with Crippen LogP contribution in [0.1, 0.15) is 53.4 Å². The highest BCUT2D eigenvalue weighted by Gasteiger charge is 2.22. The molecule has 0 heterocycles. The van der Waals surface area contributed by atoms with Gasteiger partial charge in [0.15, 0.2) is 6.10 Å². The molecule has 28 heavy (non-hydrogen) atoms. The maximum absolute atomic E-state index is 12.0. The zero-order valence-corrected chi connectivity index (χ0v) is 17.4. The van der Waals surface area contributed by atoms with Crippen LogP contribution in [0.3, 0.4) is 0 Å². The van der Waals surface area contributed by atoms with E-state index in [0.29, 0.717) is 19.8 Å². The van der Waals surface area contributed by atoms with Crippen molar-refractivity contribution in [3.8, 4) is 11.8 Å². The summed E-state index contributed by atoms with van der Waals surface area (Å²) in [6.07, 6.45) is 5.39. The predicted molar refractivity (Wildman–Crippen MR) is 105 cm³/mol. The molecule has 1 aliphatic rings. The van der Waals surface area contributed by atoms with Gasteiger partial charge in [-0.1, -0.05) is 18.4 Å². The van der Waals surface area contributed by atoms with E-state index < -0.39 is 18.4 Å². The van der Waals surface area contributed by atoms with Gasteiger partial charge >= 0.3 is 12.1 Å². The Kier molecular flexibility index (Phi) is 12.0. The summed E-state index contributed by atoms with van der Waals surface area (Å²) in [5.74, 6) is 5.42. The molecule has 158 valence electrons. The molecule has 0 spiro atoms. The number of esters is 1. The van der Waals surface area contributed by atoms with Crippen molar-refractivity contribution in [2.75, 3.05) is 19.8 Å². The minimum atomic E-state index is -0.613. The molecule has 1 N–H and O–H groups in total. The summed E-state index contributed by atoms with van der Waals surface area (Å²) < 4.78 is 20.8. The molecule has 0 aliphatic heterocycles. The minimum Gasteiger partial charge on any atom is -0.450 e. The second kappa shape index (κ2) is 14.0. The van der Waals surface area contributed by atoms with Gasteiger partial charge in [-0.25, -0.2) is 9.59 Å². The number of ether oxygens (including phenoxy) is 4. The van der Waals surface area contributed by atoms with Crippen LogP contribution >= 0.6 is 0 Å². The van der Waals surface area contributed by atoms with Crippen LogP contribution in [-0.2, 0) is 23.7 Å². The van der Waals surface area contributed by atoms with Gasteiger partial charge in [0, 0.05) is 25.3 Å².